The Bertz CT molecular complexity index is 628. The van der Waals surface area contributed by atoms with Crippen molar-refractivity contribution in [3.63, 3.8) is 0 Å². The average Bonchev–Trinajstić information content (AvgIpc) is 2.52. The van der Waals surface area contributed by atoms with E-state index < -0.39 is 0 Å². The zero-order chi connectivity index (χ0) is 14.2. The lowest BCUT2D eigenvalue weighted by Gasteiger charge is -2.02. The maximum absolute atomic E-state index is 8.95. The molecule has 0 heterocycles. The maximum atomic E-state index is 8.95. The predicted octanol–water partition coefficient (Wildman–Crippen LogP) is 3.12. The molecular weight excluding hydrogens is 252 g/mol. The van der Waals surface area contributed by atoms with Gasteiger partial charge >= 0.3 is 0 Å². The van der Waals surface area contributed by atoms with Crippen molar-refractivity contribution in [2.75, 3.05) is 7.11 Å². The second-order valence-electron chi connectivity index (χ2n) is 4.05. The Morgan fingerprint density at radius 1 is 1.15 bits per heavy atom. The SMILES string of the molecule is COc1ccc(/C=N\OCc2ccccc2C#N)cc1. The molecule has 4 nitrogen and oxygen atoms in total. The Morgan fingerprint density at radius 2 is 1.90 bits per heavy atom. The zero-order valence-corrected chi connectivity index (χ0v) is 11.1. The van der Waals surface area contributed by atoms with Gasteiger partial charge in [0.2, 0.25) is 0 Å². The second-order valence-corrected chi connectivity index (χ2v) is 4.05. The lowest BCUT2D eigenvalue weighted by atomic mass is 10.1. The number of nitrogens with zero attached hydrogens (tertiary/aromatic N) is 2. The standard InChI is InChI=1S/C16H14N2O2/c1-19-16-8-6-13(7-9-16)11-18-20-12-15-5-3-2-4-14(15)10-17/h2-9,11H,12H2,1H3/b18-11-. The molecule has 4 heteroatoms. The minimum absolute atomic E-state index is 0.274. The van der Waals surface area contributed by atoms with Gasteiger partial charge in [-0.2, -0.15) is 5.26 Å². The van der Waals surface area contributed by atoms with Crippen LogP contribution in [0.2, 0.25) is 0 Å². The van der Waals surface area contributed by atoms with Crippen molar-refractivity contribution in [3.8, 4) is 11.8 Å². The summed E-state index contributed by atoms with van der Waals surface area (Å²) in [5.74, 6) is 0.797. The van der Waals surface area contributed by atoms with E-state index in [2.05, 4.69) is 11.2 Å². The number of methoxy groups -OCH3 is 1. The van der Waals surface area contributed by atoms with E-state index >= 15 is 0 Å². The summed E-state index contributed by atoms with van der Waals surface area (Å²) in [5, 5.41) is 12.8. The van der Waals surface area contributed by atoms with Crippen molar-refractivity contribution >= 4 is 6.21 Å². The van der Waals surface area contributed by atoms with E-state index in [1.807, 2.05) is 42.5 Å². The number of oxime groups is 1. The first-order valence-corrected chi connectivity index (χ1v) is 6.11. The van der Waals surface area contributed by atoms with E-state index in [0.717, 1.165) is 16.9 Å². The van der Waals surface area contributed by atoms with Crippen molar-refractivity contribution in [1.29, 1.82) is 5.26 Å². The molecule has 0 N–H and O–H groups in total. The van der Waals surface area contributed by atoms with Gasteiger partial charge in [-0.1, -0.05) is 23.4 Å². The van der Waals surface area contributed by atoms with E-state index in [0.29, 0.717) is 5.56 Å². The van der Waals surface area contributed by atoms with Gasteiger partial charge < -0.3 is 9.57 Å². The lowest BCUT2D eigenvalue weighted by Crippen LogP contribution is -1.92. The van der Waals surface area contributed by atoms with Gasteiger partial charge in [0.1, 0.15) is 12.4 Å². The molecule has 0 radical (unpaired) electrons. The molecule has 2 aromatic rings. The highest BCUT2D eigenvalue weighted by atomic mass is 16.6. The quantitative estimate of drug-likeness (QED) is 0.617. The highest BCUT2D eigenvalue weighted by molar-refractivity contribution is 5.79. The highest BCUT2D eigenvalue weighted by Crippen LogP contribution is 2.11. The molecule has 0 saturated carbocycles. The van der Waals surface area contributed by atoms with Gasteiger partial charge in [0, 0.05) is 5.56 Å². The molecule has 0 aromatic heterocycles. The summed E-state index contributed by atoms with van der Waals surface area (Å²) in [6, 6.07) is 16.9. The van der Waals surface area contributed by atoms with Crippen LogP contribution >= 0.6 is 0 Å². The van der Waals surface area contributed by atoms with Crippen LogP contribution in [0.1, 0.15) is 16.7 Å². The van der Waals surface area contributed by atoms with E-state index in [1.54, 1.807) is 19.4 Å². The van der Waals surface area contributed by atoms with Crippen LogP contribution in [0.15, 0.2) is 53.7 Å². The van der Waals surface area contributed by atoms with Crippen molar-refractivity contribution < 1.29 is 9.57 Å². The molecule has 0 amide bonds. The first kappa shape index (κ1) is 13.6. The Labute approximate surface area is 117 Å². The molecule has 0 unspecified atom stereocenters. The van der Waals surface area contributed by atoms with Crippen LogP contribution < -0.4 is 4.74 Å². The number of nitriles is 1. The number of ether oxygens (including phenoxy) is 1. The summed E-state index contributed by atoms with van der Waals surface area (Å²) in [7, 11) is 1.62. The monoisotopic (exact) mass is 266 g/mol. The molecule has 0 fully saturated rings. The lowest BCUT2D eigenvalue weighted by molar-refractivity contribution is 0.132. The van der Waals surface area contributed by atoms with Gasteiger partial charge in [-0.3, -0.25) is 0 Å². The second kappa shape index (κ2) is 6.95. The third kappa shape index (κ3) is 3.59. The Hall–Kier alpha value is -2.80. The van der Waals surface area contributed by atoms with Gasteiger partial charge in [0.15, 0.2) is 0 Å². The molecule has 2 rings (SSSR count). The van der Waals surface area contributed by atoms with Crippen molar-refractivity contribution in [1.82, 2.24) is 0 Å². The number of hydrogen-bond donors (Lipinski definition) is 0. The number of hydrogen-bond acceptors (Lipinski definition) is 4. The largest absolute Gasteiger partial charge is 0.497 e. The molecule has 0 aliphatic carbocycles. The minimum atomic E-state index is 0.274. The van der Waals surface area contributed by atoms with E-state index in [1.165, 1.54) is 0 Å². The number of benzene rings is 2. The minimum Gasteiger partial charge on any atom is -0.497 e. The summed E-state index contributed by atoms with van der Waals surface area (Å²) in [6.07, 6.45) is 1.62. The summed E-state index contributed by atoms with van der Waals surface area (Å²) in [4.78, 5) is 5.21. The maximum Gasteiger partial charge on any atom is 0.143 e. The average molecular weight is 266 g/mol. The van der Waals surface area contributed by atoms with Gasteiger partial charge in [-0.25, -0.2) is 0 Å². The van der Waals surface area contributed by atoms with E-state index in [-0.39, 0.29) is 6.61 Å². The van der Waals surface area contributed by atoms with Crippen molar-refractivity contribution in [2.45, 2.75) is 6.61 Å². The smallest absolute Gasteiger partial charge is 0.143 e. The Morgan fingerprint density at radius 3 is 2.60 bits per heavy atom. The first-order valence-electron chi connectivity index (χ1n) is 6.11. The third-order valence-electron chi connectivity index (χ3n) is 2.75. The van der Waals surface area contributed by atoms with Crippen LogP contribution in [-0.4, -0.2) is 13.3 Å². The molecule has 0 saturated heterocycles. The first-order chi connectivity index (χ1) is 9.83. The molecule has 0 bridgehead atoms. The fourth-order valence-electron chi connectivity index (χ4n) is 1.65. The third-order valence-corrected chi connectivity index (χ3v) is 2.75. The van der Waals surface area contributed by atoms with Gasteiger partial charge in [0.25, 0.3) is 0 Å². The zero-order valence-electron chi connectivity index (χ0n) is 11.1. The van der Waals surface area contributed by atoms with Crippen LogP contribution in [0.25, 0.3) is 0 Å². The normalized spacial score (nSPS) is 10.2. The van der Waals surface area contributed by atoms with Crippen molar-refractivity contribution in [2.24, 2.45) is 5.16 Å². The Balaban J connectivity index is 1.92. The molecule has 100 valence electrons. The fourth-order valence-corrected chi connectivity index (χ4v) is 1.65. The molecular formula is C16H14N2O2. The van der Waals surface area contributed by atoms with Gasteiger partial charge in [-0.15, -0.1) is 0 Å². The molecule has 0 aliphatic heterocycles. The van der Waals surface area contributed by atoms with Crippen LogP contribution in [0.5, 0.6) is 5.75 Å². The topological polar surface area (TPSA) is 54.6 Å². The van der Waals surface area contributed by atoms with Crippen molar-refractivity contribution in [3.05, 3.63) is 65.2 Å². The van der Waals surface area contributed by atoms with Crippen LogP contribution in [0.4, 0.5) is 0 Å². The van der Waals surface area contributed by atoms with Crippen LogP contribution in [-0.2, 0) is 11.4 Å². The summed E-state index contributed by atoms with van der Waals surface area (Å²) < 4.78 is 5.07. The van der Waals surface area contributed by atoms with Gasteiger partial charge in [0.05, 0.1) is 25.0 Å². The van der Waals surface area contributed by atoms with Crippen LogP contribution in [0, 0.1) is 11.3 Å². The van der Waals surface area contributed by atoms with E-state index in [9.17, 15) is 0 Å². The summed E-state index contributed by atoms with van der Waals surface area (Å²) >= 11 is 0. The molecule has 0 aliphatic rings. The predicted molar refractivity (Wildman–Crippen MR) is 76.5 cm³/mol. The summed E-state index contributed by atoms with van der Waals surface area (Å²) in [6.45, 7) is 0.274. The molecule has 20 heavy (non-hydrogen) atoms. The van der Waals surface area contributed by atoms with Gasteiger partial charge in [-0.05, 0) is 35.9 Å². The molecule has 0 spiro atoms. The van der Waals surface area contributed by atoms with E-state index in [4.69, 9.17) is 14.8 Å². The highest BCUT2D eigenvalue weighted by Gasteiger charge is 1.99. The number of rotatable bonds is 5. The fraction of sp³-hybridized carbons (Fsp3) is 0.125. The Kier molecular flexibility index (Phi) is 4.74. The molecule has 0 atom stereocenters. The molecule has 2 aromatic carbocycles. The van der Waals surface area contributed by atoms with Crippen LogP contribution in [0.3, 0.4) is 0 Å². The summed E-state index contributed by atoms with van der Waals surface area (Å²) in [5.41, 5.74) is 2.34.